The number of nitrogens with one attached hydrogen (secondary N) is 3. The van der Waals surface area contributed by atoms with E-state index in [1.165, 1.54) is 5.01 Å². The molecule has 0 bridgehead atoms. The van der Waals surface area contributed by atoms with Crippen molar-refractivity contribution in [3.05, 3.63) is 65.0 Å². The summed E-state index contributed by atoms with van der Waals surface area (Å²) in [5.74, 6) is 8.24. The van der Waals surface area contributed by atoms with Gasteiger partial charge in [0.2, 0.25) is 0 Å². The van der Waals surface area contributed by atoms with Crippen LogP contribution in [-0.4, -0.2) is 18.6 Å². The SMILES string of the molecule is CC(C)Oc1cc2c(cc1N(N)C1=NCNC(N)=C1C(N)c1ccccc1)CNN2. The fourth-order valence-electron chi connectivity index (χ4n) is 3.60. The number of hydrogen-bond donors (Lipinski definition) is 6. The lowest BCUT2D eigenvalue weighted by Crippen LogP contribution is -2.46. The molecule has 9 heteroatoms. The van der Waals surface area contributed by atoms with Crippen LogP contribution in [0.2, 0.25) is 0 Å². The van der Waals surface area contributed by atoms with Crippen LogP contribution >= 0.6 is 0 Å². The number of anilines is 2. The lowest BCUT2D eigenvalue weighted by molar-refractivity contribution is 0.243. The summed E-state index contributed by atoms with van der Waals surface area (Å²) in [6, 6.07) is 13.2. The van der Waals surface area contributed by atoms with Crippen LogP contribution in [0.5, 0.6) is 5.75 Å². The van der Waals surface area contributed by atoms with Gasteiger partial charge in [0, 0.05) is 12.6 Å². The molecule has 2 heterocycles. The normalized spacial score (nSPS) is 16.5. The molecule has 0 spiro atoms. The van der Waals surface area contributed by atoms with E-state index >= 15 is 0 Å². The average molecular weight is 409 g/mol. The second-order valence-electron chi connectivity index (χ2n) is 7.52. The quantitative estimate of drug-likeness (QED) is 0.322. The van der Waals surface area contributed by atoms with Gasteiger partial charge in [-0.2, -0.15) is 0 Å². The van der Waals surface area contributed by atoms with Gasteiger partial charge in [0.15, 0.2) is 5.84 Å². The predicted molar refractivity (Wildman–Crippen MR) is 119 cm³/mol. The topological polar surface area (TPSA) is 139 Å². The van der Waals surface area contributed by atoms with Gasteiger partial charge in [-0.3, -0.25) is 5.01 Å². The molecule has 2 aliphatic heterocycles. The minimum Gasteiger partial charge on any atom is -0.489 e. The van der Waals surface area contributed by atoms with Gasteiger partial charge in [0.05, 0.1) is 23.4 Å². The summed E-state index contributed by atoms with van der Waals surface area (Å²) in [5.41, 5.74) is 23.4. The monoisotopic (exact) mass is 408 g/mol. The second kappa shape index (κ2) is 8.23. The van der Waals surface area contributed by atoms with Gasteiger partial charge in [-0.1, -0.05) is 30.3 Å². The van der Waals surface area contributed by atoms with Crippen molar-refractivity contribution >= 4 is 17.2 Å². The molecule has 0 fully saturated rings. The zero-order chi connectivity index (χ0) is 21.3. The molecule has 0 saturated heterocycles. The number of amidine groups is 1. The molecule has 1 unspecified atom stereocenters. The number of nitrogens with zero attached hydrogens (tertiary/aromatic N) is 2. The maximum Gasteiger partial charge on any atom is 0.153 e. The lowest BCUT2D eigenvalue weighted by atomic mass is 9.97. The first-order valence-electron chi connectivity index (χ1n) is 9.92. The third-order valence-electron chi connectivity index (χ3n) is 5.04. The van der Waals surface area contributed by atoms with Gasteiger partial charge in [-0.05, 0) is 31.0 Å². The van der Waals surface area contributed by atoms with Crippen molar-refractivity contribution in [2.75, 3.05) is 17.1 Å². The zero-order valence-electron chi connectivity index (χ0n) is 17.1. The summed E-state index contributed by atoms with van der Waals surface area (Å²) in [7, 11) is 0. The predicted octanol–water partition coefficient (Wildman–Crippen LogP) is 1.41. The third-order valence-corrected chi connectivity index (χ3v) is 5.04. The highest BCUT2D eigenvalue weighted by Crippen LogP contribution is 2.37. The molecule has 0 radical (unpaired) electrons. The van der Waals surface area contributed by atoms with Crippen LogP contribution in [0.15, 0.2) is 58.9 Å². The highest BCUT2D eigenvalue weighted by atomic mass is 16.5. The van der Waals surface area contributed by atoms with E-state index in [-0.39, 0.29) is 6.10 Å². The van der Waals surface area contributed by atoms with Crippen molar-refractivity contribution in [2.45, 2.75) is 32.5 Å². The zero-order valence-corrected chi connectivity index (χ0v) is 17.1. The van der Waals surface area contributed by atoms with Crippen molar-refractivity contribution in [3.63, 3.8) is 0 Å². The summed E-state index contributed by atoms with van der Waals surface area (Å²) in [6.45, 7) is 4.94. The molecule has 9 nitrogen and oxygen atoms in total. The van der Waals surface area contributed by atoms with Crippen molar-refractivity contribution in [3.8, 4) is 5.75 Å². The molecular weight excluding hydrogens is 380 g/mol. The van der Waals surface area contributed by atoms with E-state index in [1.54, 1.807) is 0 Å². The first kappa shape index (κ1) is 20.0. The van der Waals surface area contributed by atoms with Crippen LogP contribution in [0.25, 0.3) is 0 Å². The maximum atomic E-state index is 6.62. The smallest absolute Gasteiger partial charge is 0.153 e. The summed E-state index contributed by atoms with van der Waals surface area (Å²) in [4.78, 5) is 4.60. The summed E-state index contributed by atoms with van der Waals surface area (Å²) in [6.07, 6.45) is -0.0221. The number of hydrazine groups is 2. The van der Waals surface area contributed by atoms with Crippen LogP contribution < -0.4 is 43.2 Å². The van der Waals surface area contributed by atoms with E-state index in [1.807, 2.05) is 56.3 Å². The minimum atomic E-state index is -0.490. The number of nitrogens with two attached hydrogens (primary N) is 3. The molecule has 2 aliphatic rings. The Hall–Kier alpha value is -3.27. The van der Waals surface area contributed by atoms with E-state index in [0.29, 0.717) is 41.9 Å². The van der Waals surface area contributed by atoms with Gasteiger partial charge >= 0.3 is 0 Å². The largest absolute Gasteiger partial charge is 0.489 e. The Labute approximate surface area is 175 Å². The Kier molecular flexibility index (Phi) is 5.49. The first-order chi connectivity index (χ1) is 14.5. The van der Waals surface area contributed by atoms with Gasteiger partial charge in [0.1, 0.15) is 23.9 Å². The molecule has 30 heavy (non-hydrogen) atoms. The molecule has 0 amide bonds. The Morgan fingerprint density at radius 2 is 1.93 bits per heavy atom. The molecule has 2 aromatic carbocycles. The molecule has 0 aliphatic carbocycles. The number of fused-ring (bicyclic) bond motifs is 1. The van der Waals surface area contributed by atoms with Crippen molar-refractivity contribution in [2.24, 2.45) is 22.3 Å². The Balaban J connectivity index is 1.75. The highest BCUT2D eigenvalue weighted by Gasteiger charge is 2.29. The molecular formula is C21H28N8O. The summed E-state index contributed by atoms with van der Waals surface area (Å²) in [5, 5.41) is 4.58. The fourth-order valence-corrected chi connectivity index (χ4v) is 3.60. The second-order valence-corrected chi connectivity index (χ2v) is 7.52. The number of rotatable bonds is 5. The van der Waals surface area contributed by atoms with Crippen LogP contribution in [0.3, 0.4) is 0 Å². The standard InChI is InChI=1S/C21H28N8O/c1-12(2)30-17-9-15-14(10-27-28-15)8-16(17)29(24)21-18(20(23)25-11-26-21)19(22)13-6-4-3-5-7-13/h3-9,12,19,25,27-28H,10-11,22-24H2,1-2H3. The van der Waals surface area contributed by atoms with Gasteiger partial charge in [0.25, 0.3) is 0 Å². The lowest BCUT2D eigenvalue weighted by Gasteiger charge is -2.31. The number of ether oxygens (including phenoxy) is 1. The van der Waals surface area contributed by atoms with E-state index in [0.717, 1.165) is 16.8 Å². The van der Waals surface area contributed by atoms with Crippen LogP contribution in [0.4, 0.5) is 11.4 Å². The van der Waals surface area contributed by atoms with E-state index in [2.05, 4.69) is 21.2 Å². The van der Waals surface area contributed by atoms with Gasteiger partial charge in [-0.25, -0.2) is 16.3 Å². The molecule has 1 atom stereocenters. The summed E-state index contributed by atoms with van der Waals surface area (Å²) >= 11 is 0. The molecule has 0 saturated carbocycles. The average Bonchev–Trinajstić information content (AvgIpc) is 3.19. The number of benzene rings is 2. The Bertz CT molecular complexity index is 986. The van der Waals surface area contributed by atoms with Crippen LogP contribution in [0, 0.1) is 0 Å². The number of aliphatic imine (C=N–C) groups is 1. The first-order valence-corrected chi connectivity index (χ1v) is 9.92. The van der Waals surface area contributed by atoms with E-state index < -0.39 is 6.04 Å². The summed E-state index contributed by atoms with van der Waals surface area (Å²) < 4.78 is 6.05. The molecule has 9 N–H and O–H groups in total. The molecule has 4 rings (SSSR count). The highest BCUT2D eigenvalue weighted by molar-refractivity contribution is 6.11. The van der Waals surface area contributed by atoms with Gasteiger partial charge in [-0.15, -0.1) is 0 Å². The van der Waals surface area contributed by atoms with Crippen LogP contribution in [0.1, 0.15) is 31.0 Å². The van der Waals surface area contributed by atoms with Gasteiger partial charge < -0.3 is 26.9 Å². The van der Waals surface area contributed by atoms with Crippen molar-refractivity contribution in [1.82, 2.24) is 10.7 Å². The maximum absolute atomic E-state index is 6.62. The van der Waals surface area contributed by atoms with Crippen LogP contribution in [-0.2, 0) is 6.54 Å². The van der Waals surface area contributed by atoms with E-state index in [9.17, 15) is 0 Å². The minimum absolute atomic E-state index is 0.0221. The molecule has 158 valence electrons. The third kappa shape index (κ3) is 3.78. The Morgan fingerprint density at radius 3 is 2.67 bits per heavy atom. The van der Waals surface area contributed by atoms with Crippen molar-refractivity contribution in [1.29, 1.82) is 0 Å². The fraction of sp³-hybridized carbons (Fsp3) is 0.286. The Morgan fingerprint density at radius 1 is 1.17 bits per heavy atom. The molecule has 0 aromatic heterocycles. The molecule has 2 aromatic rings. The number of hydrogen-bond acceptors (Lipinski definition) is 9. The van der Waals surface area contributed by atoms with E-state index in [4.69, 9.17) is 22.0 Å². The van der Waals surface area contributed by atoms with Crippen molar-refractivity contribution < 1.29 is 4.74 Å².